The maximum absolute atomic E-state index is 6.67. The average Bonchev–Trinajstić information content (AvgIpc) is 2.99. The van der Waals surface area contributed by atoms with Gasteiger partial charge in [0.2, 0.25) is 0 Å². The third-order valence-corrected chi connectivity index (χ3v) is 9.09. The summed E-state index contributed by atoms with van der Waals surface area (Å²) < 4.78 is 6.67. The Labute approximate surface area is 291 Å². The van der Waals surface area contributed by atoms with Gasteiger partial charge in [-0.05, 0) is 64.5 Å². The summed E-state index contributed by atoms with van der Waals surface area (Å²) in [6, 6.07) is 22.5. The molecule has 2 aliphatic heterocycles. The van der Waals surface area contributed by atoms with Gasteiger partial charge in [-0.3, -0.25) is 0 Å². The van der Waals surface area contributed by atoms with Crippen LogP contribution in [-0.4, -0.2) is 23.1 Å². The fraction of sp³-hybridized carbons (Fsp3) is 0.450. The number of aromatic nitrogens is 2. The largest absolute Gasteiger partial charge is 2.00 e. The Bertz CT molecular complexity index is 1710. The van der Waals surface area contributed by atoms with Gasteiger partial charge in [0.15, 0.2) is 0 Å². The quantitative estimate of drug-likeness (QED) is 0.193. The Kier molecular flexibility index (Phi) is 9.50. The summed E-state index contributed by atoms with van der Waals surface area (Å²) in [6.45, 7) is 22.1. The molecule has 0 N–H and O–H groups in total. The molecule has 2 aromatic carbocycles. The molecule has 0 radical (unpaired) electrons. The van der Waals surface area contributed by atoms with Crippen LogP contribution in [-0.2, 0) is 50.2 Å². The van der Waals surface area contributed by atoms with Gasteiger partial charge < -0.3 is 14.5 Å². The summed E-state index contributed by atoms with van der Waals surface area (Å²) in [7, 11) is 0. The smallest absolute Gasteiger partial charge is 0.509 e. The van der Waals surface area contributed by atoms with E-state index in [9.17, 15) is 0 Å². The van der Waals surface area contributed by atoms with Crippen LogP contribution < -0.4 is 14.5 Å². The number of nitrogens with zero attached hydrogens (tertiary/aromatic N) is 4. The van der Waals surface area contributed by atoms with Crippen molar-refractivity contribution in [1.29, 1.82) is 0 Å². The molecule has 244 valence electrons. The molecule has 0 spiro atoms. The van der Waals surface area contributed by atoms with Crippen LogP contribution in [0.25, 0.3) is 0 Å². The zero-order valence-corrected chi connectivity index (χ0v) is 31.2. The van der Waals surface area contributed by atoms with Crippen molar-refractivity contribution in [3.05, 3.63) is 94.8 Å². The van der Waals surface area contributed by atoms with E-state index in [-0.39, 0.29) is 37.3 Å². The zero-order valence-electron chi connectivity index (χ0n) is 29.0. The Balaban J connectivity index is 0.00000417. The van der Waals surface area contributed by atoms with Gasteiger partial charge in [-0.1, -0.05) is 86.5 Å². The molecule has 0 fully saturated rings. The molecule has 6 rings (SSSR count). The van der Waals surface area contributed by atoms with Crippen molar-refractivity contribution in [3.8, 4) is 11.5 Å². The molecule has 2 aromatic heterocycles. The molecule has 4 heterocycles. The molecule has 0 aliphatic carbocycles. The van der Waals surface area contributed by atoms with Gasteiger partial charge >= 0.3 is 21.1 Å². The summed E-state index contributed by atoms with van der Waals surface area (Å²) in [4.78, 5) is 14.3. The maximum Gasteiger partial charge on any atom is 2.00 e. The second-order valence-electron chi connectivity index (χ2n) is 15.7. The number of ether oxygens (including phenoxy) is 1. The maximum atomic E-state index is 6.67. The summed E-state index contributed by atoms with van der Waals surface area (Å²) in [5.74, 6) is 3.34. The Morgan fingerprint density at radius 3 is 1.74 bits per heavy atom. The topological polar surface area (TPSA) is 41.5 Å². The first-order chi connectivity index (χ1) is 21.2. The van der Waals surface area contributed by atoms with Gasteiger partial charge in [0.05, 0.1) is 0 Å². The van der Waals surface area contributed by atoms with Crippen LogP contribution in [0.1, 0.15) is 103 Å². The Morgan fingerprint density at radius 1 is 0.630 bits per heavy atom. The monoisotopic (exact) mass is 795 g/mol. The van der Waals surface area contributed by atoms with Crippen molar-refractivity contribution in [2.75, 3.05) is 22.9 Å². The first-order valence-corrected chi connectivity index (χ1v) is 16.5. The van der Waals surface area contributed by atoms with Crippen molar-refractivity contribution in [1.82, 2.24) is 9.97 Å². The first kappa shape index (κ1) is 34.2. The van der Waals surface area contributed by atoms with E-state index in [1.54, 1.807) is 0 Å². The van der Waals surface area contributed by atoms with E-state index in [0.29, 0.717) is 11.5 Å². The second kappa shape index (κ2) is 12.8. The molecule has 0 atom stereocenters. The van der Waals surface area contributed by atoms with Crippen LogP contribution >= 0.6 is 0 Å². The van der Waals surface area contributed by atoms with Crippen LogP contribution in [0.2, 0.25) is 0 Å². The molecule has 2 aliphatic rings. The minimum absolute atomic E-state index is 0. The van der Waals surface area contributed by atoms with Crippen molar-refractivity contribution < 1.29 is 25.8 Å². The van der Waals surface area contributed by atoms with Crippen molar-refractivity contribution in [3.63, 3.8) is 0 Å². The van der Waals surface area contributed by atoms with Crippen LogP contribution in [0.15, 0.2) is 54.9 Å². The molecule has 0 amide bonds. The predicted molar refractivity (Wildman–Crippen MR) is 186 cm³/mol. The molecule has 0 saturated heterocycles. The van der Waals surface area contributed by atoms with Gasteiger partial charge in [-0.25, -0.2) is 9.97 Å². The van der Waals surface area contributed by atoms with E-state index in [4.69, 9.17) is 14.7 Å². The molecule has 0 bridgehead atoms. The molecular weight excluding hydrogens is 748 g/mol. The minimum atomic E-state index is -0.0545. The normalized spacial score (nSPS) is 15.2. The van der Waals surface area contributed by atoms with Crippen molar-refractivity contribution in [2.45, 2.75) is 104 Å². The van der Waals surface area contributed by atoms with Crippen LogP contribution in [0.3, 0.4) is 0 Å². The van der Waals surface area contributed by atoms with Crippen LogP contribution in [0.4, 0.5) is 23.0 Å². The van der Waals surface area contributed by atoms with E-state index in [0.717, 1.165) is 61.8 Å². The van der Waals surface area contributed by atoms with Gasteiger partial charge in [0, 0.05) is 37.0 Å². The Hall–Kier alpha value is -3.17. The Morgan fingerprint density at radius 2 is 1.17 bits per heavy atom. The predicted octanol–water partition coefficient (Wildman–Crippen LogP) is 9.93. The number of pyridine rings is 2. The van der Waals surface area contributed by atoms with Gasteiger partial charge in [0.25, 0.3) is 0 Å². The minimum Gasteiger partial charge on any atom is -0.509 e. The van der Waals surface area contributed by atoms with E-state index in [1.807, 2.05) is 12.4 Å². The molecule has 0 unspecified atom stereocenters. The van der Waals surface area contributed by atoms with Crippen LogP contribution in [0.5, 0.6) is 11.5 Å². The van der Waals surface area contributed by atoms with Gasteiger partial charge in [0.1, 0.15) is 11.6 Å². The summed E-state index contributed by atoms with van der Waals surface area (Å²) in [5, 5.41) is 0. The van der Waals surface area contributed by atoms with Gasteiger partial charge in [-0.2, -0.15) is 6.07 Å². The third-order valence-electron chi connectivity index (χ3n) is 9.09. The number of rotatable bonds is 4. The molecule has 5 nitrogen and oxygen atoms in total. The van der Waals surface area contributed by atoms with E-state index < -0.39 is 0 Å². The van der Waals surface area contributed by atoms with Crippen molar-refractivity contribution in [2.24, 2.45) is 0 Å². The molecule has 4 aromatic rings. The van der Waals surface area contributed by atoms with Crippen LogP contribution in [0, 0.1) is 12.1 Å². The van der Waals surface area contributed by atoms with Gasteiger partial charge in [-0.15, -0.1) is 41.0 Å². The van der Waals surface area contributed by atoms with E-state index in [2.05, 4.69) is 127 Å². The fourth-order valence-electron chi connectivity index (χ4n) is 6.48. The number of fused-ring (bicyclic) bond motifs is 2. The number of aryl methyl sites for hydroxylation is 1. The van der Waals surface area contributed by atoms with E-state index in [1.165, 1.54) is 27.8 Å². The third kappa shape index (κ3) is 7.05. The number of benzene rings is 2. The second-order valence-corrected chi connectivity index (χ2v) is 15.7. The number of hydrogen-bond donors (Lipinski definition) is 0. The number of hydrogen-bond acceptors (Lipinski definition) is 5. The average molecular weight is 796 g/mol. The fourth-order valence-corrected chi connectivity index (χ4v) is 6.48. The SMILES string of the molecule is CC(C)(C)c1ccnc(N2CCCc3ccc(Oc4[c-]c5c(c(C(C)(C)C)c4)CCCN5c4cc(C(C)(C)C)ccn4)[c-]c32)c1.[Pt+2]. The summed E-state index contributed by atoms with van der Waals surface area (Å²) in [6.07, 6.45) is 8.07. The first-order valence-electron chi connectivity index (χ1n) is 16.5. The number of anilines is 4. The zero-order chi connectivity index (χ0) is 32.1. The molecule has 46 heavy (non-hydrogen) atoms. The summed E-state index contributed by atoms with van der Waals surface area (Å²) >= 11 is 0. The summed E-state index contributed by atoms with van der Waals surface area (Å²) in [5.41, 5.74) is 8.63. The molecule has 6 heteroatoms. The molecule has 0 saturated carbocycles. The standard InChI is InChI=1S/C40H48N4O.Pt/c1-38(2,3)28-16-18-41-36(22-28)43-20-10-12-27-14-15-30(25-34(27)43)45-31-24-33(40(7,8)9)32-13-11-21-44(35(32)26-31)37-23-29(17-19-42-37)39(4,5)6;/h14-19,22-24H,10-13,20-21H2,1-9H3;/q-2;+2. The van der Waals surface area contributed by atoms with E-state index >= 15 is 0 Å². The molecular formula is C40H48N4OPt. The van der Waals surface area contributed by atoms with Crippen molar-refractivity contribution >= 4 is 23.0 Å².